The summed E-state index contributed by atoms with van der Waals surface area (Å²) in [6, 6.07) is -1.58. The number of hydrogen-bond acceptors (Lipinski definition) is 5. The number of unbranched alkanes of at least 4 members (excludes halogenated alkanes) is 2. The molecule has 0 saturated carbocycles. The van der Waals surface area contributed by atoms with Crippen LogP contribution in [0, 0.1) is 5.92 Å². The van der Waals surface area contributed by atoms with Crippen LogP contribution in [0.3, 0.4) is 0 Å². The van der Waals surface area contributed by atoms with Gasteiger partial charge in [0.1, 0.15) is 6.04 Å². The van der Waals surface area contributed by atoms with Crippen molar-refractivity contribution in [1.82, 2.24) is 15.5 Å². The molecule has 0 fully saturated rings. The molecule has 1 aliphatic rings. The molecule has 0 spiro atoms. The molecular weight excluding hydrogens is 349 g/mol. The van der Waals surface area contributed by atoms with E-state index < -0.39 is 23.7 Å². The van der Waals surface area contributed by atoms with Crippen LogP contribution < -0.4 is 10.6 Å². The van der Waals surface area contributed by atoms with Crippen molar-refractivity contribution in [2.75, 3.05) is 6.54 Å². The fourth-order valence-corrected chi connectivity index (χ4v) is 2.54. The van der Waals surface area contributed by atoms with E-state index in [0.717, 1.165) is 0 Å². The number of carbonyl (C=O) groups is 5. The summed E-state index contributed by atoms with van der Waals surface area (Å²) in [5.74, 6) is -1.51. The molecule has 8 nitrogen and oxygen atoms in total. The third kappa shape index (κ3) is 7.36. The van der Waals surface area contributed by atoms with Crippen molar-refractivity contribution in [3.05, 3.63) is 12.2 Å². The molecule has 0 aromatic carbocycles. The van der Waals surface area contributed by atoms with Gasteiger partial charge in [-0.25, -0.2) is 0 Å². The first-order valence-corrected chi connectivity index (χ1v) is 9.06. The number of nitrogens with zero attached hydrogens (tertiary/aromatic N) is 1. The number of rotatable bonds is 11. The summed E-state index contributed by atoms with van der Waals surface area (Å²) >= 11 is 0. The van der Waals surface area contributed by atoms with E-state index >= 15 is 0 Å². The lowest BCUT2D eigenvalue weighted by molar-refractivity contribution is -0.137. The molecule has 9 heteroatoms. The van der Waals surface area contributed by atoms with Gasteiger partial charge in [0.2, 0.25) is 11.8 Å². The topological polar surface area (TPSA) is 113 Å². The van der Waals surface area contributed by atoms with Gasteiger partial charge in [-0.05, 0) is 25.7 Å². The van der Waals surface area contributed by atoms with Gasteiger partial charge in [-0.1, -0.05) is 20.3 Å². The molecule has 0 aromatic rings. The maximum Gasteiger partial charge on any atom is 0.253 e. The van der Waals surface area contributed by atoms with Gasteiger partial charge < -0.3 is 15.4 Å². The SMILES string of the molecule is [B]C(=O)[C@H](C)NC(=O)C(NC(=O)CCCCCN1C(=O)C=CC1=O)C(C)C. The first-order valence-electron chi connectivity index (χ1n) is 9.06. The lowest BCUT2D eigenvalue weighted by atomic mass is 9.95. The summed E-state index contributed by atoms with van der Waals surface area (Å²) in [6.45, 7) is 5.38. The summed E-state index contributed by atoms with van der Waals surface area (Å²) in [7, 11) is 5.13. The molecule has 2 atom stereocenters. The van der Waals surface area contributed by atoms with Crippen LogP contribution in [0.2, 0.25) is 0 Å². The second-order valence-electron chi connectivity index (χ2n) is 6.89. The van der Waals surface area contributed by atoms with E-state index in [1.165, 1.54) is 24.0 Å². The Kier molecular flexibility index (Phi) is 8.91. The van der Waals surface area contributed by atoms with Gasteiger partial charge in [0, 0.05) is 25.1 Å². The highest BCUT2D eigenvalue weighted by Crippen LogP contribution is 2.08. The Balaban J connectivity index is 2.33. The zero-order valence-electron chi connectivity index (χ0n) is 16.0. The molecule has 0 saturated heterocycles. The zero-order chi connectivity index (χ0) is 20.6. The Labute approximate surface area is 160 Å². The third-order valence-corrected chi connectivity index (χ3v) is 4.24. The van der Waals surface area contributed by atoms with Crippen molar-refractivity contribution in [3.8, 4) is 0 Å². The van der Waals surface area contributed by atoms with Crippen molar-refractivity contribution in [1.29, 1.82) is 0 Å². The Morgan fingerprint density at radius 3 is 2.11 bits per heavy atom. The summed E-state index contributed by atoms with van der Waals surface area (Å²) in [5.41, 5.74) is -0.651. The normalized spacial score (nSPS) is 15.8. The molecule has 0 aromatic heterocycles. The van der Waals surface area contributed by atoms with Gasteiger partial charge >= 0.3 is 0 Å². The number of amides is 4. The van der Waals surface area contributed by atoms with Crippen LogP contribution in [0.1, 0.15) is 46.5 Å². The predicted molar refractivity (Wildman–Crippen MR) is 99.5 cm³/mol. The molecule has 27 heavy (non-hydrogen) atoms. The molecule has 0 bridgehead atoms. The van der Waals surface area contributed by atoms with Gasteiger partial charge in [0.05, 0.1) is 11.7 Å². The molecule has 146 valence electrons. The minimum absolute atomic E-state index is 0.159. The highest BCUT2D eigenvalue weighted by atomic mass is 16.2. The van der Waals surface area contributed by atoms with Crippen LogP contribution in [0.4, 0.5) is 0 Å². The summed E-state index contributed by atoms with van der Waals surface area (Å²) in [5, 5.41) is 5.15. The van der Waals surface area contributed by atoms with Crippen molar-refractivity contribution in [3.63, 3.8) is 0 Å². The van der Waals surface area contributed by atoms with Crippen LogP contribution >= 0.6 is 0 Å². The van der Waals surface area contributed by atoms with E-state index in [1.54, 1.807) is 13.8 Å². The lowest BCUT2D eigenvalue weighted by Gasteiger charge is -2.23. The minimum atomic E-state index is -0.818. The molecule has 2 N–H and O–H groups in total. The third-order valence-electron chi connectivity index (χ3n) is 4.24. The van der Waals surface area contributed by atoms with Gasteiger partial charge in [0.25, 0.3) is 11.8 Å². The van der Waals surface area contributed by atoms with E-state index in [0.29, 0.717) is 25.8 Å². The first kappa shape index (κ1) is 22.6. The molecule has 0 aliphatic carbocycles. The quantitative estimate of drug-likeness (QED) is 0.295. The van der Waals surface area contributed by atoms with Crippen LogP contribution in [-0.4, -0.2) is 60.7 Å². The van der Waals surface area contributed by atoms with Crippen LogP contribution in [0.25, 0.3) is 0 Å². The molecule has 1 rings (SSSR count). The van der Waals surface area contributed by atoms with Crippen LogP contribution in [0.15, 0.2) is 12.2 Å². The standard InChI is InChI=1S/C18H26BN3O5/c1-11(2)16(18(27)20-12(3)17(19)26)21-13(23)7-5-4-6-10-22-14(24)8-9-15(22)25/h8-9,11-12,16H,4-7,10H2,1-3H3,(H,20,27)(H,21,23)/t12-,16?/m0/s1. The van der Waals surface area contributed by atoms with Crippen molar-refractivity contribution >= 4 is 37.2 Å². The Morgan fingerprint density at radius 2 is 1.59 bits per heavy atom. The molecule has 1 heterocycles. The number of hydrogen-bond donors (Lipinski definition) is 2. The second kappa shape index (κ2) is 10.6. The second-order valence-corrected chi connectivity index (χ2v) is 6.89. The van der Waals surface area contributed by atoms with E-state index in [4.69, 9.17) is 7.85 Å². The van der Waals surface area contributed by atoms with Crippen molar-refractivity contribution in [2.24, 2.45) is 5.92 Å². The summed E-state index contributed by atoms with van der Waals surface area (Å²) in [4.78, 5) is 59.4. The maximum absolute atomic E-state index is 12.2. The fourth-order valence-electron chi connectivity index (χ4n) is 2.54. The fraction of sp³-hybridized carbons (Fsp3) is 0.611. The number of nitrogens with one attached hydrogen (secondary N) is 2. The highest BCUT2D eigenvalue weighted by molar-refractivity contribution is 6.59. The van der Waals surface area contributed by atoms with Gasteiger partial charge in [-0.3, -0.25) is 24.1 Å². The molecule has 4 amide bonds. The van der Waals surface area contributed by atoms with E-state index in [1.807, 2.05) is 0 Å². The minimum Gasteiger partial charge on any atom is -0.346 e. The Hall–Kier alpha value is -2.45. The Bertz CT molecular complexity index is 614. The summed E-state index contributed by atoms with van der Waals surface area (Å²) < 4.78 is 0. The molecule has 2 radical (unpaired) electrons. The number of imide groups is 1. The molecular formula is C18H26BN3O5. The van der Waals surface area contributed by atoms with Crippen molar-refractivity contribution in [2.45, 2.75) is 58.5 Å². The average molecular weight is 375 g/mol. The predicted octanol–water partition coefficient (Wildman–Crippen LogP) is -0.188. The number of carbonyl (C=O) groups excluding carboxylic acids is 5. The first-order chi connectivity index (χ1) is 12.6. The molecule has 1 unspecified atom stereocenters. The van der Waals surface area contributed by atoms with Gasteiger partial charge in [0.15, 0.2) is 7.85 Å². The largest absolute Gasteiger partial charge is 0.346 e. The van der Waals surface area contributed by atoms with E-state index in [9.17, 15) is 24.0 Å². The lowest BCUT2D eigenvalue weighted by Crippen LogP contribution is -2.53. The van der Waals surface area contributed by atoms with E-state index in [2.05, 4.69) is 10.6 Å². The monoisotopic (exact) mass is 375 g/mol. The van der Waals surface area contributed by atoms with E-state index in [-0.39, 0.29) is 30.1 Å². The molecule has 1 aliphatic heterocycles. The van der Waals surface area contributed by atoms with Gasteiger partial charge in [-0.15, -0.1) is 0 Å². The van der Waals surface area contributed by atoms with Crippen LogP contribution in [-0.2, 0) is 24.0 Å². The highest BCUT2D eigenvalue weighted by Gasteiger charge is 2.26. The van der Waals surface area contributed by atoms with Crippen LogP contribution in [0.5, 0.6) is 0 Å². The van der Waals surface area contributed by atoms with Gasteiger partial charge in [-0.2, -0.15) is 0 Å². The van der Waals surface area contributed by atoms with Crippen molar-refractivity contribution < 1.29 is 24.0 Å². The summed E-state index contributed by atoms with van der Waals surface area (Å²) in [6.07, 6.45) is 4.55. The average Bonchev–Trinajstić information content (AvgIpc) is 2.90. The maximum atomic E-state index is 12.2. The zero-order valence-corrected chi connectivity index (χ0v) is 16.0. The smallest absolute Gasteiger partial charge is 0.253 e. The Morgan fingerprint density at radius 1 is 1.00 bits per heavy atom.